The minimum atomic E-state index is -4.73. The van der Waals surface area contributed by atoms with Crippen molar-refractivity contribution in [2.24, 2.45) is 0 Å². The largest absolute Gasteiger partial charge is 0.433 e. The standard InChI is InChI=1S/C20H24F3N5O3S/c1-4-9-19(2,3)28-32(29,30)15-7-8-16(20(21,22)23)27-17(15)25-11-12-5-6-14-13(10-12)26-18(24)31-14/h5-8,10,28H,4,9,11H2,1-3H3,(H2,24,26)(H,25,27). The van der Waals surface area contributed by atoms with Crippen LogP contribution in [0.2, 0.25) is 0 Å². The highest BCUT2D eigenvalue weighted by Crippen LogP contribution is 2.31. The molecule has 1 aromatic carbocycles. The second kappa shape index (κ2) is 8.58. The monoisotopic (exact) mass is 471 g/mol. The lowest BCUT2D eigenvalue weighted by Crippen LogP contribution is -2.43. The number of hydrogen-bond acceptors (Lipinski definition) is 7. The summed E-state index contributed by atoms with van der Waals surface area (Å²) in [6.07, 6.45) is -3.46. The van der Waals surface area contributed by atoms with Crippen molar-refractivity contribution in [3.05, 3.63) is 41.6 Å². The molecular weight excluding hydrogens is 447 g/mol. The molecule has 4 N–H and O–H groups in total. The summed E-state index contributed by atoms with van der Waals surface area (Å²) >= 11 is 0. The van der Waals surface area contributed by atoms with Gasteiger partial charge >= 0.3 is 6.18 Å². The van der Waals surface area contributed by atoms with Gasteiger partial charge in [0.1, 0.15) is 21.9 Å². The number of anilines is 2. The number of benzene rings is 1. The second-order valence-corrected chi connectivity index (χ2v) is 9.64. The minimum Gasteiger partial charge on any atom is -0.424 e. The van der Waals surface area contributed by atoms with E-state index in [1.165, 1.54) is 0 Å². The van der Waals surface area contributed by atoms with E-state index in [9.17, 15) is 21.6 Å². The van der Waals surface area contributed by atoms with Crippen molar-refractivity contribution in [2.45, 2.75) is 56.8 Å². The fraction of sp³-hybridized carbons (Fsp3) is 0.400. The Morgan fingerprint density at radius 3 is 2.50 bits per heavy atom. The zero-order chi connectivity index (χ0) is 23.7. The summed E-state index contributed by atoms with van der Waals surface area (Å²) in [7, 11) is -4.16. The third kappa shape index (κ3) is 5.49. The van der Waals surface area contributed by atoms with Crippen molar-refractivity contribution in [2.75, 3.05) is 11.1 Å². The zero-order valence-electron chi connectivity index (χ0n) is 17.7. The van der Waals surface area contributed by atoms with Crippen LogP contribution in [0.3, 0.4) is 0 Å². The predicted octanol–water partition coefficient (Wildman–Crippen LogP) is 4.29. The van der Waals surface area contributed by atoms with Crippen LogP contribution in [0.25, 0.3) is 11.1 Å². The van der Waals surface area contributed by atoms with E-state index in [-0.39, 0.29) is 17.5 Å². The van der Waals surface area contributed by atoms with Crippen molar-refractivity contribution in [1.82, 2.24) is 14.7 Å². The SMILES string of the molecule is CCCC(C)(C)NS(=O)(=O)c1ccc(C(F)(F)F)nc1NCc1ccc2oc(N)nc2c1. The first-order chi connectivity index (χ1) is 14.8. The van der Waals surface area contributed by atoms with Crippen LogP contribution in [-0.4, -0.2) is 23.9 Å². The first kappa shape index (κ1) is 23.8. The van der Waals surface area contributed by atoms with Crippen molar-refractivity contribution >= 4 is 33.0 Å². The number of fused-ring (bicyclic) bond motifs is 1. The van der Waals surface area contributed by atoms with Gasteiger partial charge in [0.25, 0.3) is 6.01 Å². The summed E-state index contributed by atoms with van der Waals surface area (Å²) in [4.78, 5) is 7.19. The lowest BCUT2D eigenvalue weighted by atomic mass is 10.0. The van der Waals surface area contributed by atoms with E-state index in [4.69, 9.17) is 10.2 Å². The van der Waals surface area contributed by atoms with Crippen LogP contribution in [0.5, 0.6) is 0 Å². The highest BCUT2D eigenvalue weighted by molar-refractivity contribution is 7.89. The third-order valence-corrected chi connectivity index (χ3v) is 6.38. The van der Waals surface area contributed by atoms with Crippen molar-refractivity contribution in [1.29, 1.82) is 0 Å². The average molecular weight is 472 g/mol. The minimum absolute atomic E-state index is 0.00210. The number of nitrogen functional groups attached to an aromatic ring is 1. The maximum atomic E-state index is 13.2. The van der Waals surface area contributed by atoms with Crippen molar-refractivity contribution in [3.63, 3.8) is 0 Å². The Kier molecular flexibility index (Phi) is 6.38. The number of alkyl halides is 3. The zero-order valence-corrected chi connectivity index (χ0v) is 18.6. The number of pyridine rings is 1. The van der Waals surface area contributed by atoms with Crippen molar-refractivity contribution in [3.8, 4) is 0 Å². The molecule has 0 atom stereocenters. The third-order valence-electron chi connectivity index (χ3n) is 4.65. The second-order valence-electron chi connectivity index (χ2n) is 7.99. The van der Waals surface area contributed by atoms with Gasteiger partial charge in [0.2, 0.25) is 10.0 Å². The van der Waals surface area contributed by atoms with E-state index in [1.807, 2.05) is 6.92 Å². The van der Waals surface area contributed by atoms with Gasteiger partial charge in [-0.2, -0.15) is 18.2 Å². The Labute approximate surface area is 183 Å². The molecule has 12 heteroatoms. The highest BCUT2D eigenvalue weighted by atomic mass is 32.2. The number of nitrogens with two attached hydrogens (primary N) is 1. The molecule has 0 fully saturated rings. The number of nitrogens with zero attached hydrogens (tertiary/aromatic N) is 2. The molecule has 32 heavy (non-hydrogen) atoms. The van der Waals surface area contributed by atoms with E-state index in [0.29, 0.717) is 29.2 Å². The van der Waals surface area contributed by atoms with Crippen LogP contribution >= 0.6 is 0 Å². The molecule has 0 bridgehead atoms. The molecule has 0 aliphatic carbocycles. The van der Waals surface area contributed by atoms with E-state index >= 15 is 0 Å². The number of sulfonamides is 1. The lowest BCUT2D eigenvalue weighted by molar-refractivity contribution is -0.141. The van der Waals surface area contributed by atoms with Crippen LogP contribution < -0.4 is 15.8 Å². The van der Waals surface area contributed by atoms with Gasteiger partial charge in [-0.25, -0.2) is 18.1 Å². The maximum absolute atomic E-state index is 13.2. The quantitative estimate of drug-likeness (QED) is 0.448. The number of aromatic nitrogens is 2. The van der Waals surface area contributed by atoms with Crippen molar-refractivity contribution < 1.29 is 26.0 Å². The average Bonchev–Trinajstić information content (AvgIpc) is 3.03. The fourth-order valence-corrected chi connectivity index (χ4v) is 4.89. The fourth-order valence-electron chi connectivity index (χ4n) is 3.33. The molecule has 174 valence electrons. The number of oxazole rings is 1. The summed E-state index contributed by atoms with van der Waals surface area (Å²) < 4.78 is 73.4. The normalized spacial score (nSPS) is 12.9. The molecule has 0 spiro atoms. The van der Waals surface area contributed by atoms with Crippen LogP contribution in [0, 0.1) is 0 Å². The van der Waals surface area contributed by atoms with Gasteiger partial charge in [0, 0.05) is 12.1 Å². The van der Waals surface area contributed by atoms with E-state index in [0.717, 1.165) is 12.5 Å². The summed E-state index contributed by atoms with van der Waals surface area (Å²) in [5.41, 5.74) is 5.07. The molecule has 0 aliphatic heterocycles. The summed E-state index contributed by atoms with van der Waals surface area (Å²) in [5.74, 6) is -0.403. The molecule has 0 unspecified atom stereocenters. The van der Waals surface area contributed by atoms with Crippen LogP contribution in [0.4, 0.5) is 25.0 Å². The number of hydrogen-bond donors (Lipinski definition) is 3. The molecule has 2 aromatic heterocycles. The molecule has 0 radical (unpaired) electrons. The molecule has 0 aliphatic rings. The highest BCUT2D eigenvalue weighted by Gasteiger charge is 2.35. The Morgan fingerprint density at radius 1 is 1.12 bits per heavy atom. The molecule has 3 rings (SSSR count). The van der Waals surface area contributed by atoms with Crippen LogP contribution in [0.15, 0.2) is 39.6 Å². The van der Waals surface area contributed by atoms with Gasteiger partial charge in [0.05, 0.1) is 0 Å². The Hall–Kier alpha value is -2.86. The first-order valence-corrected chi connectivity index (χ1v) is 11.3. The van der Waals surface area contributed by atoms with Gasteiger partial charge in [-0.1, -0.05) is 19.4 Å². The maximum Gasteiger partial charge on any atom is 0.433 e. The molecule has 8 nitrogen and oxygen atoms in total. The van der Waals surface area contributed by atoms with Crippen LogP contribution in [0.1, 0.15) is 44.9 Å². The van der Waals surface area contributed by atoms with Gasteiger partial charge in [-0.15, -0.1) is 0 Å². The molecular formula is C20H24F3N5O3S. The topological polar surface area (TPSA) is 123 Å². The van der Waals surface area contributed by atoms with Gasteiger partial charge in [-0.05, 0) is 50.1 Å². The predicted molar refractivity (Wildman–Crippen MR) is 114 cm³/mol. The summed E-state index contributed by atoms with van der Waals surface area (Å²) in [6, 6.07) is 6.44. The first-order valence-electron chi connectivity index (χ1n) is 9.82. The number of halogens is 3. The molecule has 2 heterocycles. The van der Waals surface area contributed by atoms with E-state index < -0.39 is 33.3 Å². The molecule has 0 saturated heterocycles. The Morgan fingerprint density at radius 2 is 1.84 bits per heavy atom. The Bertz CT molecular complexity index is 1220. The Balaban J connectivity index is 1.95. The van der Waals surface area contributed by atoms with E-state index in [1.54, 1.807) is 32.0 Å². The molecule has 0 amide bonds. The smallest absolute Gasteiger partial charge is 0.424 e. The summed E-state index contributed by atoms with van der Waals surface area (Å²) in [5, 5.41) is 2.72. The van der Waals surface area contributed by atoms with E-state index in [2.05, 4.69) is 20.0 Å². The van der Waals surface area contributed by atoms with Crippen LogP contribution in [-0.2, 0) is 22.7 Å². The number of nitrogens with one attached hydrogen (secondary N) is 2. The summed E-state index contributed by atoms with van der Waals surface area (Å²) in [6.45, 7) is 5.31. The molecule has 3 aromatic rings. The number of rotatable bonds is 8. The lowest BCUT2D eigenvalue weighted by Gasteiger charge is -2.26. The van der Waals surface area contributed by atoms with Gasteiger partial charge in [0.15, 0.2) is 5.58 Å². The van der Waals surface area contributed by atoms with Gasteiger partial charge in [-0.3, -0.25) is 0 Å². The van der Waals surface area contributed by atoms with Gasteiger partial charge < -0.3 is 15.5 Å². The molecule has 0 saturated carbocycles.